The number of rotatable bonds is 8. The second-order valence-corrected chi connectivity index (χ2v) is 18.1. The van der Waals surface area contributed by atoms with Gasteiger partial charge in [0.2, 0.25) is 0 Å². The Morgan fingerprint density at radius 1 is 0.186 bits per heavy atom. The number of nitrogens with zero attached hydrogens (tertiary/aromatic N) is 4. The van der Waals surface area contributed by atoms with Gasteiger partial charge in [-0.15, -0.1) is 0 Å². The first kappa shape index (κ1) is 39.8. The monoisotopic (exact) mass is 892 g/mol. The molecule has 0 saturated heterocycles. The van der Waals surface area contributed by atoms with Crippen LogP contribution in [0.1, 0.15) is 0 Å². The Kier molecular flexibility index (Phi) is 9.17. The number of anilines is 6. The fraction of sp³-hybridized carbons (Fsp3) is 0. The molecule has 0 aliphatic rings. The number of fused-ring (bicyclic) bond motifs is 12. The van der Waals surface area contributed by atoms with Crippen LogP contribution >= 0.6 is 0 Å². The summed E-state index contributed by atoms with van der Waals surface area (Å²) in [5, 5.41) is 12.2. The molecule has 0 spiro atoms. The lowest BCUT2D eigenvalue weighted by molar-refractivity contribution is 1.18. The predicted molar refractivity (Wildman–Crippen MR) is 297 cm³/mol. The van der Waals surface area contributed by atoms with Crippen LogP contribution in [0.3, 0.4) is 0 Å². The lowest BCUT2D eigenvalue weighted by Crippen LogP contribution is -2.10. The third-order valence-electron chi connectivity index (χ3n) is 14.2. The van der Waals surface area contributed by atoms with Crippen molar-refractivity contribution in [2.24, 2.45) is 0 Å². The van der Waals surface area contributed by atoms with E-state index in [2.05, 4.69) is 286 Å². The standard InChI is InChI=1S/C66H44N4/c1-5-19-45(20-6-1)67(51-35-39-65-61(43-51)57-29-15-17-31-63(57)69(65)47-23-9-3-10-24-47)49-33-37-55-56-38-34-50(42-60(56)54-28-14-13-27-53(54)59(55)41-49)68(46-21-7-2-8-22-46)52-36-40-66-62(44-52)58-30-16-18-32-64(58)70(66)48-25-11-4-12-26-48/h1-44H. The van der Waals surface area contributed by atoms with Gasteiger partial charge < -0.3 is 18.9 Å². The quantitative estimate of drug-likeness (QED) is 0.141. The minimum Gasteiger partial charge on any atom is -0.310 e. The summed E-state index contributed by atoms with van der Waals surface area (Å²) in [6, 6.07) is 97.2. The van der Waals surface area contributed by atoms with Crippen molar-refractivity contribution >= 4 is 110 Å². The van der Waals surface area contributed by atoms with E-state index in [4.69, 9.17) is 0 Å². The smallest absolute Gasteiger partial charge is 0.0542 e. The van der Waals surface area contributed by atoms with Crippen molar-refractivity contribution in [2.45, 2.75) is 0 Å². The third kappa shape index (κ3) is 6.31. The summed E-state index contributed by atoms with van der Waals surface area (Å²) in [7, 11) is 0. The highest BCUT2D eigenvalue weighted by Gasteiger charge is 2.21. The number of aromatic nitrogens is 2. The van der Waals surface area contributed by atoms with E-state index in [0.717, 1.165) is 45.5 Å². The normalized spacial score (nSPS) is 11.7. The van der Waals surface area contributed by atoms with E-state index >= 15 is 0 Å². The Hall–Kier alpha value is -9.38. The van der Waals surface area contributed by atoms with Gasteiger partial charge in [0.05, 0.1) is 22.1 Å². The highest BCUT2D eigenvalue weighted by molar-refractivity contribution is 6.26. The van der Waals surface area contributed by atoms with Crippen LogP contribution < -0.4 is 9.80 Å². The fourth-order valence-electron chi connectivity index (χ4n) is 11.2. The van der Waals surface area contributed by atoms with Gasteiger partial charge in [-0.2, -0.15) is 0 Å². The number of benzene rings is 12. The molecule has 0 atom stereocenters. The Morgan fingerprint density at radius 3 is 0.871 bits per heavy atom. The molecular formula is C66H44N4. The molecule has 0 bridgehead atoms. The zero-order valence-corrected chi connectivity index (χ0v) is 38.2. The summed E-state index contributed by atoms with van der Waals surface area (Å²) < 4.78 is 4.76. The van der Waals surface area contributed by atoms with Crippen molar-refractivity contribution in [3.8, 4) is 11.4 Å². The molecule has 0 fully saturated rings. The molecule has 4 heteroatoms. The highest BCUT2D eigenvalue weighted by atomic mass is 15.1. The zero-order chi connectivity index (χ0) is 46.1. The van der Waals surface area contributed by atoms with E-state index in [1.807, 2.05) is 0 Å². The van der Waals surface area contributed by atoms with E-state index in [1.165, 1.54) is 75.9 Å². The number of hydrogen-bond donors (Lipinski definition) is 0. The molecule has 0 radical (unpaired) electrons. The topological polar surface area (TPSA) is 16.3 Å². The molecular weight excluding hydrogens is 849 g/mol. The Labute approximate surface area is 405 Å². The molecule has 12 aromatic carbocycles. The minimum absolute atomic E-state index is 1.10. The summed E-state index contributed by atoms with van der Waals surface area (Å²) in [6.07, 6.45) is 0. The van der Waals surface area contributed by atoms with Crippen LogP contribution in [0.15, 0.2) is 267 Å². The van der Waals surface area contributed by atoms with Crippen LogP contribution in [0.2, 0.25) is 0 Å². The zero-order valence-electron chi connectivity index (χ0n) is 38.2. The van der Waals surface area contributed by atoms with Gasteiger partial charge in [0.15, 0.2) is 0 Å². The lowest BCUT2D eigenvalue weighted by Gasteiger charge is -2.27. The summed E-state index contributed by atoms with van der Waals surface area (Å²) in [5.74, 6) is 0. The molecule has 0 amide bonds. The van der Waals surface area contributed by atoms with E-state index in [1.54, 1.807) is 0 Å². The first-order valence-corrected chi connectivity index (χ1v) is 24.0. The minimum atomic E-state index is 1.10. The molecule has 2 heterocycles. The Bertz CT molecular complexity index is 3990. The van der Waals surface area contributed by atoms with Gasteiger partial charge in [-0.25, -0.2) is 0 Å². The van der Waals surface area contributed by atoms with Gasteiger partial charge in [0.1, 0.15) is 0 Å². The maximum Gasteiger partial charge on any atom is 0.0542 e. The second kappa shape index (κ2) is 16.2. The van der Waals surface area contributed by atoms with Crippen molar-refractivity contribution in [1.82, 2.24) is 9.13 Å². The van der Waals surface area contributed by atoms with Gasteiger partial charge in [-0.1, -0.05) is 146 Å². The van der Waals surface area contributed by atoms with E-state index in [9.17, 15) is 0 Å². The molecule has 328 valence electrons. The largest absolute Gasteiger partial charge is 0.310 e. The van der Waals surface area contributed by atoms with Crippen LogP contribution in [0, 0.1) is 0 Å². The third-order valence-corrected chi connectivity index (χ3v) is 14.2. The maximum atomic E-state index is 2.40. The average molecular weight is 893 g/mol. The number of para-hydroxylation sites is 6. The van der Waals surface area contributed by atoms with Crippen LogP contribution in [-0.2, 0) is 0 Å². The van der Waals surface area contributed by atoms with Crippen LogP contribution in [0.5, 0.6) is 0 Å². The average Bonchev–Trinajstić information content (AvgIpc) is 3.94. The maximum absolute atomic E-state index is 2.40. The van der Waals surface area contributed by atoms with Gasteiger partial charge >= 0.3 is 0 Å². The van der Waals surface area contributed by atoms with Crippen LogP contribution in [0.25, 0.3) is 87.3 Å². The number of hydrogen-bond acceptors (Lipinski definition) is 2. The van der Waals surface area contributed by atoms with Gasteiger partial charge in [-0.3, -0.25) is 0 Å². The molecule has 4 nitrogen and oxygen atoms in total. The first-order chi connectivity index (χ1) is 34.7. The summed E-state index contributed by atoms with van der Waals surface area (Å²) in [4.78, 5) is 4.81. The first-order valence-electron chi connectivity index (χ1n) is 24.0. The van der Waals surface area contributed by atoms with Crippen molar-refractivity contribution in [1.29, 1.82) is 0 Å². The molecule has 70 heavy (non-hydrogen) atoms. The summed E-state index contributed by atoms with van der Waals surface area (Å²) in [5.41, 5.74) is 13.7. The van der Waals surface area contributed by atoms with Crippen LogP contribution in [-0.4, -0.2) is 9.13 Å². The lowest BCUT2D eigenvalue weighted by atomic mass is 9.93. The van der Waals surface area contributed by atoms with E-state index < -0.39 is 0 Å². The second-order valence-electron chi connectivity index (χ2n) is 18.1. The molecule has 0 saturated carbocycles. The van der Waals surface area contributed by atoms with Gasteiger partial charge in [0.25, 0.3) is 0 Å². The van der Waals surface area contributed by atoms with E-state index in [-0.39, 0.29) is 0 Å². The molecule has 2 aromatic heterocycles. The molecule has 0 unspecified atom stereocenters. The van der Waals surface area contributed by atoms with Crippen molar-refractivity contribution in [3.63, 3.8) is 0 Å². The predicted octanol–water partition coefficient (Wildman–Crippen LogP) is 18.3. The molecule has 0 N–H and O–H groups in total. The Morgan fingerprint density at radius 2 is 0.471 bits per heavy atom. The highest BCUT2D eigenvalue weighted by Crippen LogP contribution is 2.46. The van der Waals surface area contributed by atoms with Gasteiger partial charge in [-0.05, 0) is 154 Å². The molecule has 14 aromatic rings. The molecule has 14 rings (SSSR count). The molecule has 0 aliphatic carbocycles. The summed E-state index contributed by atoms with van der Waals surface area (Å²) >= 11 is 0. The Balaban J connectivity index is 0.935. The fourth-order valence-corrected chi connectivity index (χ4v) is 11.2. The van der Waals surface area contributed by atoms with Crippen molar-refractivity contribution in [2.75, 3.05) is 9.80 Å². The SMILES string of the molecule is c1ccc(N(c2ccc3c4ccc(N(c5ccccc5)c5ccc6c(c5)c5ccccc5n6-c5ccccc5)cc4c4ccccc4c3c2)c2ccc3c(c2)c2ccccc2n3-c2ccccc2)cc1. The summed E-state index contributed by atoms with van der Waals surface area (Å²) in [6.45, 7) is 0. The van der Waals surface area contributed by atoms with E-state index in [0.29, 0.717) is 0 Å². The molecule has 0 aliphatic heterocycles. The van der Waals surface area contributed by atoms with Gasteiger partial charge in [0, 0.05) is 67.0 Å². The van der Waals surface area contributed by atoms with Crippen LogP contribution in [0.4, 0.5) is 34.1 Å². The van der Waals surface area contributed by atoms with Crippen molar-refractivity contribution in [3.05, 3.63) is 267 Å². The van der Waals surface area contributed by atoms with Crippen molar-refractivity contribution < 1.29 is 0 Å².